The minimum atomic E-state index is -3.75. The molecule has 1 amide bonds. The van der Waals surface area contributed by atoms with E-state index >= 15 is 0 Å². The molecule has 48 heavy (non-hydrogen) atoms. The Hall–Kier alpha value is -5.22. The topological polar surface area (TPSA) is 95.4 Å². The lowest BCUT2D eigenvalue weighted by molar-refractivity contribution is 0.0964. The Morgan fingerprint density at radius 3 is 2.31 bits per heavy atom. The van der Waals surface area contributed by atoms with Crippen LogP contribution in [-0.4, -0.2) is 39.7 Å². The van der Waals surface area contributed by atoms with E-state index < -0.39 is 21.7 Å². The van der Waals surface area contributed by atoms with E-state index in [-0.39, 0.29) is 22.7 Å². The fourth-order valence-electron chi connectivity index (χ4n) is 6.08. The van der Waals surface area contributed by atoms with Gasteiger partial charge in [-0.1, -0.05) is 30.7 Å². The maximum Gasteiger partial charge on any atom is 0.255 e. The first-order chi connectivity index (χ1) is 22.8. The molecule has 6 rings (SSSR count). The van der Waals surface area contributed by atoms with Crippen molar-refractivity contribution in [2.45, 2.75) is 27.2 Å². The summed E-state index contributed by atoms with van der Waals surface area (Å²) in [6.07, 6.45) is 3.78. The average Bonchev–Trinajstić information content (AvgIpc) is 3.65. The largest absolute Gasteiger partial charge is 0.455 e. The molecule has 0 saturated heterocycles. The predicted molar refractivity (Wildman–Crippen MR) is 190 cm³/mol. The molecule has 0 unspecified atom stereocenters. The molecule has 0 saturated carbocycles. The number of sulfonamides is 1. The summed E-state index contributed by atoms with van der Waals surface area (Å²) in [5.74, 6) is -0.971. The summed E-state index contributed by atoms with van der Waals surface area (Å²) in [6, 6.07) is 19.7. The monoisotopic (exact) mass is 667 g/mol. The van der Waals surface area contributed by atoms with Gasteiger partial charge in [0, 0.05) is 58.8 Å². The Morgan fingerprint density at radius 2 is 1.69 bits per heavy atom. The molecule has 0 aliphatic carbocycles. The number of benzene rings is 4. The minimum absolute atomic E-state index is 0.227. The van der Waals surface area contributed by atoms with Gasteiger partial charge in [0.15, 0.2) is 0 Å². The molecule has 7 nitrogen and oxygen atoms in total. The highest BCUT2D eigenvalue weighted by atomic mass is 32.2. The van der Waals surface area contributed by atoms with Crippen molar-refractivity contribution in [3.8, 4) is 33.7 Å². The fourth-order valence-corrected chi connectivity index (χ4v) is 6.58. The van der Waals surface area contributed by atoms with Gasteiger partial charge in [0.2, 0.25) is 10.0 Å². The van der Waals surface area contributed by atoms with Crippen LogP contribution in [0.25, 0.3) is 61.7 Å². The number of carbonyl (C=O) groups is 1. The van der Waals surface area contributed by atoms with Crippen molar-refractivity contribution in [3.05, 3.63) is 107 Å². The standard InChI is InChI=1S/C38H35F2N3O4S/c1-7-22-16-24(15-21(2)3)27(33-19-29-31(40)9-8-10-32(29)42-33)17-26(22)28-18-30-35(20-34(28)43(5)48(6,45)46)47-37(36(30)38(44)41-4)23-11-13-25(39)14-12-23/h8-20,42H,7H2,1-6H3,(H,41,44). The molecule has 10 heteroatoms. The first-order valence-electron chi connectivity index (χ1n) is 15.4. The van der Waals surface area contributed by atoms with E-state index in [1.807, 2.05) is 32.9 Å². The first kappa shape index (κ1) is 32.7. The number of aromatic nitrogens is 1. The van der Waals surface area contributed by atoms with Gasteiger partial charge in [0.25, 0.3) is 5.91 Å². The number of anilines is 1. The van der Waals surface area contributed by atoms with Crippen LogP contribution in [0.2, 0.25) is 0 Å². The minimum Gasteiger partial charge on any atom is -0.455 e. The number of fused-ring (bicyclic) bond motifs is 2. The molecular formula is C38H35F2N3O4S. The van der Waals surface area contributed by atoms with Crippen LogP contribution >= 0.6 is 0 Å². The number of H-pyrrole nitrogens is 1. The van der Waals surface area contributed by atoms with E-state index in [0.717, 1.165) is 34.1 Å². The van der Waals surface area contributed by atoms with Crippen LogP contribution in [0.1, 0.15) is 42.3 Å². The first-order valence-corrected chi connectivity index (χ1v) is 17.3. The Labute approximate surface area is 277 Å². The molecule has 0 radical (unpaired) electrons. The smallest absolute Gasteiger partial charge is 0.255 e. The summed E-state index contributed by atoms with van der Waals surface area (Å²) in [7, 11) is -0.776. The van der Waals surface area contributed by atoms with Gasteiger partial charge < -0.3 is 14.7 Å². The van der Waals surface area contributed by atoms with E-state index in [9.17, 15) is 22.0 Å². The second-order valence-corrected chi connectivity index (χ2v) is 14.1. The summed E-state index contributed by atoms with van der Waals surface area (Å²) in [5, 5.41) is 3.59. The van der Waals surface area contributed by atoms with Crippen molar-refractivity contribution in [3.63, 3.8) is 0 Å². The number of hydrogen-bond acceptors (Lipinski definition) is 4. The van der Waals surface area contributed by atoms with E-state index in [1.54, 1.807) is 24.3 Å². The van der Waals surface area contributed by atoms with Crippen molar-refractivity contribution < 1.29 is 26.4 Å². The molecule has 4 aromatic carbocycles. The molecule has 0 aliphatic heterocycles. The second kappa shape index (κ2) is 12.4. The Bertz CT molecular complexity index is 2370. The zero-order chi connectivity index (χ0) is 34.5. The third kappa shape index (κ3) is 5.88. The summed E-state index contributed by atoms with van der Waals surface area (Å²) < 4.78 is 62.1. The molecule has 0 aliphatic rings. The number of allylic oxidation sites excluding steroid dienone is 1. The lowest BCUT2D eigenvalue weighted by Crippen LogP contribution is -2.25. The van der Waals surface area contributed by atoms with Crippen LogP contribution in [-0.2, 0) is 16.4 Å². The zero-order valence-corrected chi connectivity index (χ0v) is 28.3. The van der Waals surface area contributed by atoms with Crippen LogP contribution in [0.3, 0.4) is 0 Å². The van der Waals surface area contributed by atoms with Gasteiger partial charge in [-0.2, -0.15) is 0 Å². The number of nitrogens with one attached hydrogen (secondary N) is 2. The molecule has 0 bridgehead atoms. The SMILES string of the molecule is CCc1cc(C=C(C)C)c(-c2cc3c(F)cccc3[nH]2)cc1-c1cc2c(C(=O)NC)c(-c3ccc(F)cc3)oc2cc1N(C)S(C)(=O)=O. The normalized spacial score (nSPS) is 11.7. The maximum absolute atomic E-state index is 14.8. The molecule has 0 fully saturated rings. The summed E-state index contributed by atoms with van der Waals surface area (Å²) in [6.45, 7) is 6.01. The van der Waals surface area contributed by atoms with Gasteiger partial charge in [-0.15, -0.1) is 0 Å². The Balaban J connectivity index is 1.72. The number of furan rings is 1. The Kier molecular flexibility index (Phi) is 8.47. The maximum atomic E-state index is 14.8. The number of amides is 1. The number of halogens is 2. The van der Waals surface area contributed by atoms with Crippen molar-refractivity contribution in [1.82, 2.24) is 10.3 Å². The van der Waals surface area contributed by atoms with Crippen LogP contribution < -0.4 is 9.62 Å². The van der Waals surface area contributed by atoms with E-state index in [0.29, 0.717) is 45.2 Å². The third-order valence-corrected chi connectivity index (χ3v) is 9.69. The highest BCUT2D eigenvalue weighted by molar-refractivity contribution is 7.92. The third-order valence-electron chi connectivity index (χ3n) is 8.50. The zero-order valence-electron chi connectivity index (χ0n) is 27.5. The number of nitrogens with zero attached hydrogens (tertiary/aromatic N) is 1. The molecule has 2 N–H and O–H groups in total. The highest BCUT2D eigenvalue weighted by Gasteiger charge is 2.27. The Morgan fingerprint density at radius 1 is 0.958 bits per heavy atom. The molecular weight excluding hydrogens is 632 g/mol. The second-order valence-electron chi connectivity index (χ2n) is 12.0. The van der Waals surface area contributed by atoms with Crippen molar-refractivity contribution in [2.24, 2.45) is 0 Å². The quantitative estimate of drug-likeness (QED) is 0.169. The van der Waals surface area contributed by atoms with Crippen molar-refractivity contribution in [1.29, 1.82) is 0 Å². The molecule has 2 heterocycles. The van der Waals surface area contributed by atoms with Gasteiger partial charge in [0.05, 0.1) is 17.5 Å². The predicted octanol–water partition coefficient (Wildman–Crippen LogP) is 8.93. The fraction of sp³-hybridized carbons (Fsp3) is 0.184. The van der Waals surface area contributed by atoms with Gasteiger partial charge in [-0.25, -0.2) is 17.2 Å². The summed E-state index contributed by atoms with van der Waals surface area (Å²) in [5.41, 5.74) is 7.67. The van der Waals surface area contributed by atoms with Gasteiger partial charge >= 0.3 is 0 Å². The molecule has 246 valence electrons. The molecule has 0 atom stereocenters. The number of aromatic amines is 1. The highest BCUT2D eigenvalue weighted by Crippen LogP contribution is 2.44. The summed E-state index contributed by atoms with van der Waals surface area (Å²) >= 11 is 0. The number of aryl methyl sites for hydroxylation is 1. The molecule has 2 aromatic heterocycles. The van der Waals surface area contributed by atoms with Gasteiger partial charge in [-0.3, -0.25) is 9.10 Å². The van der Waals surface area contributed by atoms with Crippen LogP contribution in [0.15, 0.2) is 82.8 Å². The van der Waals surface area contributed by atoms with E-state index in [1.165, 1.54) is 48.7 Å². The number of carbonyl (C=O) groups excluding carboxylic acids is 1. The van der Waals surface area contributed by atoms with Crippen molar-refractivity contribution >= 4 is 49.6 Å². The van der Waals surface area contributed by atoms with Gasteiger partial charge in [0.1, 0.15) is 23.0 Å². The molecule has 6 aromatic rings. The summed E-state index contributed by atoms with van der Waals surface area (Å²) in [4.78, 5) is 16.8. The molecule has 0 spiro atoms. The van der Waals surface area contributed by atoms with E-state index in [2.05, 4.69) is 22.4 Å². The average molecular weight is 668 g/mol. The lowest BCUT2D eigenvalue weighted by atomic mass is 9.89. The number of rotatable bonds is 8. The van der Waals surface area contributed by atoms with Crippen LogP contribution in [0, 0.1) is 11.6 Å². The van der Waals surface area contributed by atoms with Crippen LogP contribution in [0.5, 0.6) is 0 Å². The van der Waals surface area contributed by atoms with Crippen molar-refractivity contribution in [2.75, 3.05) is 24.7 Å². The lowest BCUT2D eigenvalue weighted by Gasteiger charge is -2.23. The van der Waals surface area contributed by atoms with Crippen LogP contribution in [0.4, 0.5) is 14.5 Å². The van der Waals surface area contributed by atoms with Gasteiger partial charge in [-0.05, 0) is 91.6 Å². The van der Waals surface area contributed by atoms with E-state index in [4.69, 9.17) is 4.42 Å². The number of hydrogen-bond donors (Lipinski definition) is 2.